The lowest BCUT2D eigenvalue weighted by molar-refractivity contribution is -0.136. The second kappa shape index (κ2) is 14.7. The Bertz CT molecular complexity index is 2760. The second-order valence-electron chi connectivity index (χ2n) is 17.4. The van der Waals surface area contributed by atoms with Gasteiger partial charge in [-0.3, -0.25) is 43.7 Å². The number of hydrogen-bond acceptors (Lipinski definition) is 13. The highest BCUT2D eigenvalue weighted by Gasteiger charge is 2.49. The zero-order valence-corrected chi connectivity index (χ0v) is 34.7. The molecule has 1 unspecified atom stereocenters. The molecule has 1 aliphatic carbocycles. The van der Waals surface area contributed by atoms with Crippen LogP contribution in [0.5, 0.6) is 5.75 Å². The highest BCUT2D eigenvalue weighted by molar-refractivity contribution is 7.92. The van der Waals surface area contributed by atoms with Gasteiger partial charge in [0.05, 0.1) is 29.2 Å². The van der Waals surface area contributed by atoms with Crippen molar-refractivity contribution in [1.29, 1.82) is 0 Å². The van der Waals surface area contributed by atoms with Crippen LogP contribution >= 0.6 is 0 Å². The summed E-state index contributed by atoms with van der Waals surface area (Å²) in [5.74, 6) is -1.30. The van der Waals surface area contributed by atoms with Crippen LogP contribution in [0.15, 0.2) is 76.4 Å². The van der Waals surface area contributed by atoms with Crippen LogP contribution in [0.25, 0.3) is 11.0 Å². The monoisotopic (exact) mass is 859 g/mol. The Morgan fingerprint density at radius 2 is 1.63 bits per heavy atom. The molecular weight excluding hydrogens is 815 g/mol. The first-order chi connectivity index (χ1) is 30.0. The molecule has 320 valence electrons. The Balaban J connectivity index is 0.689. The lowest BCUT2D eigenvalue weighted by Gasteiger charge is -2.56. The average Bonchev–Trinajstić information content (AvgIpc) is 4.09. The molecule has 2 aromatic heterocycles. The summed E-state index contributed by atoms with van der Waals surface area (Å²) < 4.78 is 43.8. The first-order valence-electron chi connectivity index (χ1n) is 21.3. The van der Waals surface area contributed by atoms with Crippen LogP contribution in [-0.4, -0.2) is 115 Å². The van der Waals surface area contributed by atoms with Crippen molar-refractivity contribution in [3.8, 4) is 5.75 Å². The summed E-state index contributed by atoms with van der Waals surface area (Å²) in [6, 6.07) is 15.7. The molecule has 3 saturated heterocycles. The minimum absolute atomic E-state index is 0.0858. The summed E-state index contributed by atoms with van der Waals surface area (Å²) in [6.45, 7) is 6.06. The molecule has 0 bridgehead atoms. The summed E-state index contributed by atoms with van der Waals surface area (Å²) in [4.78, 5) is 59.0. The van der Waals surface area contributed by atoms with Gasteiger partial charge in [-0.1, -0.05) is 11.2 Å². The van der Waals surface area contributed by atoms with E-state index in [1.807, 2.05) is 35.1 Å². The normalized spacial score (nSPS) is 21.6. The predicted octanol–water partition coefficient (Wildman–Crippen LogP) is 3.78. The minimum atomic E-state index is -4.01. The van der Waals surface area contributed by atoms with Gasteiger partial charge in [-0.05, 0) is 91.6 Å². The predicted molar refractivity (Wildman–Crippen MR) is 226 cm³/mol. The van der Waals surface area contributed by atoms with Gasteiger partial charge in [0.25, 0.3) is 21.8 Å². The van der Waals surface area contributed by atoms with Gasteiger partial charge in [0.2, 0.25) is 11.8 Å². The summed E-state index contributed by atoms with van der Waals surface area (Å²) in [7, 11) is -4.01. The molecule has 2 N–H and O–H groups in total. The molecule has 1 atom stereocenters. The Morgan fingerprint density at radius 1 is 0.855 bits per heavy atom. The van der Waals surface area contributed by atoms with Gasteiger partial charge in [-0.25, -0.2) is 8.42 Å². The molecule has 1 saturated carbocycles. The van der Waals surface area contributed by atoms with Crippen LogP contribution in [0.4, 0.5) is 17.2 Å². The molecule has 5 aromatic rings. The van der Waals surface area contributed by atoms with E-state index in [0.717, 1.165) is 92.4 Å². The Kier molecular flexibility index (Phi) is 9.15. The molecular formula is C44H45N9O8S. The topological polar surface area (TPSA) is 193 Å². The Labute approximate surface area is 357 Å². The van der Waals surface area contributed by atoms with Crippen molar-refractivity contribution < 1.29 is 36.9 Å². The fourth-order valence-corrected chi connectivity index (χ4v) is 11.6. The number of hydrogen-bond donors (Lipinski definition) is 2. The number of benzene rings is 3. The van der Waals surface area contributed by atoms with E-state index in [4.69, 9.17) is 9.26 Å². The van der Waals surface area contributed by atoms with Crippen molar-refractivity contribution in [1.82, 2.24) is 30.1 Å². The van der Waals surface area contributed by atoms with Crippen molar-refractivity contribution in [2.24, 2.45) is 5.41 Å². The number of nitrogens with one attached hydrogen (secondary N) is 2. The van der Waals surface area contributed by atoms with Gasteiger partial charge in [0, 0.05) is 87.5 Å². The molecule has 5 aliphatic heterocycles. The van der Waals surface area contributed by atoms with Crippen molar-refractivity contribution >= 4 is 61.8 Å². The summed E-state index contributed by atoms with van der Waals surface area (Å²) >= 11 is 0. The highest BCUT2D eigenvalue weighted by atomic mass is 32.2. The maximum atomic E-state index is 13.8. The van der Waals surface area contributed by atoms with Gasteiger partial charge < -0.3 is 19.1 Å². The molecule has 4 amide bonds. The first kappa shape index (κ1) is 38.6. The number of amides is 4. The summed E-state index contributed by atoms with van der Waals surface area (Å²) in [5.41, 5.74) is 5.05. The molecule has 11 rings (SSSR count). The van der Waals surface area contributed by atoms with Gasteiger partial charge in [-0.2, -0.15) is 5.10 Å². The average molecular weight is 860 g/mol. The third-order valence-electron chi connectivity index (χ3n) is 13.9. The van der Waals surface area contributed by atoms with Crippen molar-refractivity contribution in [3.05, 3.63) is 89.2 Å². The molecule has 0 radical (unpaired) electrons. The SMILES string of the molecule is O=C1CCC(N2C(=O)c3ccc(N4CCC5(CC4)CC(N4CCN(c6cccc(S(=O)(=O)Nc7noc8cc(Cn9cccn9)c9c(c78)OCC9)c6)CC4)C5)cc3C2=O)C(=O)N1. The number of sulfonamides is 1. The molecule has 1 spiro atoms. The van der Waals surface area contributed by atoms with Gasteiger partial charge in [-0.15, -0.1) is 0 Å². The number of piperidine rings is 2. The third-order valence-corrected chi connectivity index (χ3v) is 15.2. The maximum absolute atomic E-state index is 13.8. The molecule has 7 heterocycles. The van der Waals surface area contributed by atoms with Crippen LogP contribution in [0.3, 0.4) is 0 Å². The number of fused-ring (bicyclic) bond motifs is 4. The summed E-state index contributed by atoms with van der Waals surface area (Å²) in [6.07, 6.45) is 8.87. The smallest absolute Gasteiger partial charge is 0.263 e. The number of carbonyl (C=O) groups excluding carboxylic acids is 4. The van der Waals surface area contributed by atoms with Crippen molar-refractivity contribution in [3.63, 3.8) is 0 Å². The molecule has 3 aromatic carbocycles. The standard InChI is InChI=1S/C44H45N9O8S/c54-37-8-7-35(41(55)46-37)53-42(56)33-6-5-29(23-34(33)43(53)57)49-14-10-44(11-15-49)24-30(25-44)51-18-16-50(17-19-51)28-3-1-4-31(22-28)62(58,59)48-40-38-36(61-47-40)21-27(26-52-13-2-12-45-52)32-9-20-60-39(32)38/h1-6,12-13,21-23,30,35H,7-11,14-20,24-26H2,(H,47,48)(H,46,54,55). The lowest BCUT2D eigenvalue weighted by Crippen LogP contribution is -2.59. The second-order valence-corrected chi connectivity index (χ2v) is 19.1. The fourth-order valence-electron chi connectivity index (χ4n) is 10.5. The zero-order chi connectivity index (χ0) is 42.3. The first-order valence-corrected chi connectivity index (χ1v) is 22.8. The van der Waals surface area contributed by atoms with E-state index < -0.39 is 39.7 Å². The number of ether oxygens (including phenoxy) is 1. The molecule has 4 fully saturated rings. The lowest BCUT2D eigenvalue weighted by atomic mass is 9.60. The number of piperazine rings is 1. The van der Waals surface area contributed by atoms with E-state index >= 15 is 0 Å². The van der Waals surface area contributed by atoms with Gasteiger partial charge in [0.15, 0.2) is 11.4 Å². The maximum Gasteiger partial charge on any atom is 0.263 e. The van der Waals surface area contributed by atoms with Crippen LogP contribution in [0, 0.1) is 5.41 Å². The number of anilines is 3. The largest absolute Gasteiger partial charge is 0.492 e. The van der Waals surface area contributed by atoms with Crippen LogP contribution in [-0.2, 0) is 32.6 Å². The van der Waals surface area contributed by atoms with E-state index in [-0.39, 0.29) is 29.0 Å². The Morgan fingerprint density at radius 3 is 2.40 bits per heavy atom. The van der Waals surface area contributed by atoms with E-state index in [2.05, 4.69) is 35.0 Å². The number of nitrogens with zero attached hydrogens (tertiary/aromatic N) is 7. The van der Waals surface area contributed by atoms with E-state index in [9.17, 15) is 27.6 Å². The van der Waals surface area contributed by atoms with E-state index in [1.165, 1.54) is 0 Å². The van der Waals surface area contributed by atoms with Gasteiger partial charge >= 0.3 is 0 Å². The number of imide groups is 2. The van der Waals surface area contributed by atoms with Crippen LogP contribution < -0.4 is 24.6 Å². The Hall–Kier alpha value is -6.27. The minimum Gasteiger partial charge on any atom is -0.492 e. The highest BCUT2D eigenvalue weighted by Crippen LogP contribution is 2.52. The quantitative estimate of drug-likeness (QED) is 0.204. The van der Waals surface area contributed by atoms with Crippen molar-refractivity contribution in [2.45, 2.75) is 68.5 Å². The van der Waals surface area contributed by atoms with E-state index in [1.54, 1.807) is 36.5 Å². The number of rotatable bonds is 9. The molecule has 62 heavy (non-hydrogen) atoms. The molecule has 17 nitrogen and oxygen atoms in total. The third kappa shape index (κ3) is 6.58. The fraction of sp³-hybridized carbons (Fsp3) is 0.409. The summed E-state index contributed by atoms with van der Waals surface area (Å²) in [5, 5.41) is 11.2. The van der Waals surface area contributed by atoms with Crippen LogP contribution in [0.2, 0.25) is 0 Å². The van der Waals surface area contributed by atoms with Crippen molar-refractivity contribution in [2.75, 3.05) is 60.4 Å². The molecule has 18 heteroatoms. The molecule has 6 aliphatic rings. The zero-order valence-electron chi connectivity index (χ0n) is 33.9. The number of carbonyl (C=O) groups is 4. The van der Waals surface area contributed by atoms with Gasteiger partial charge in [0.1, 0.15) is 17.2 Å². The van der Waals surface area contributed by atoms with Crippen LogP contribution in [0.1, 0.15) is 70.4 Å². The van der Waals surface area contributed by atoms with E-state index in [0.29, 0.717) is 53.5 Å². The number of aromatic nitrogens is 3.